The molecule has 1 heterocycles. The van der Waals surface area contributed by atoms with E-state index in [1.807, 2.05) is 6.92 Å². The normalized spacial score (nSPS) is 17.0. The van der Waals surface area contributed by atoms with Crippen molar-refractivity contribution in [3.05, 3.63) is 34.0 Å². The fourth-order valence-electron chi connectivity index (χ4n) is 2.51. The number of ether oxygens (including phenoxy) is 3. The van der Waals surface area contributed by atoms with Crippen LogP contribution in [0, 0.1) is 0 Å². The van der Waals surface area contributed by atoms with Gasteiger partial charge >= 0.3 is 12.0 Å². The smallest absolute Gasteiger partial charge is 0.337 e. The Balaban J connectivity index is 2.59. The number of urea groups is 1. The summed E-state index contributed by atoms with van der Waals surface area (Å²) in [5.41, 5.74) is 1.18. The van der Waals surface area contributed by atoms with Crippen molar-refractivity contribution in [3.8, 4) is 11.5 Å². The van der Waals surface area contributed by atoms with E-state index in [1.54, 1.807) is 19.1 Å². The van der Waals surface area contributed by atoms with Gasteiger partial charge in [0.15, 0.2) is 11.5 Å². The quantitative estimate of drug-likeness (QED) is 0.794. The Morgan fingerprint density at radius 3 is 2.58 bits per heavy atom. The Bertz CT molecular complexity index is 702. The summed E-state index contributed by atoms with van der Waals surface area (Å²) in [5.74, 6) is 0.370. The first kappa shape index (κ1) is 17.9. The van der Waals surface area contributed by atoms with E-state index in [2.05, 4.69) is 10.6 Å². The molecule has 0 saturated carbocycles. The summed E-state index contributed by atoms with van der Waals surface area (Å²) < 4.78 is 15.6. The van der Waals surface area contributed by atoms with Gasteiger partial charge in [0.2, 0.25) is 0 Å². The number of esters is 1. The summed E-state index contributed by atoms with van der Waals surface area (Å²) >= 11 is 6.34. The lowest BCUT2D eigenvalue weighted by atomic mass is 9.95. The molecule has 1 atom stereocenters. The molecular weight excluding hydrogens is 336 g/mol. The van der Waals surface area contributed by atoms with Crippen molar-refractivity contribution >= 4 is 23.6 Å². The third-order valence-corrected chi connectivity index (χ3v) is 3.90. The van der Waals surface area contributed by atoms with E-state index in [-0.39, 0.29) is 5.57 Å². The summed E-state index contributed by atoms with van der Waals surface area (Å²) in [7, 11) is 2.78. The van der Waals surface area contributed by atoms with Crippen molar-refractivity contribution in [1.82, 2.24) is 10.6 Å². The van der Waals surface area contributed by atoms with Gasteiger partial charge in [-0.2, -0.15) is 0 Å². The molecule has 0 saturated heterocycles. The fraction of sp³-hybridized carbons (Fsp3) is 0.375. The molecule has 2 N–H and O–H groups in total. The third-order valence-electron chi connectivity index (χ3n) is 3.57. The molecule has 0 fully saturated rings. The van der Waals surface area contributed by atoms with Crippen LogP contribution in [0.5, 0.6) is 11.5 Å². The van der Waals surface area contributed by atoms with Gasteiger partial charge in [-0.15, -0.1) is 0 Å². The lowest BCUT2D eigenvalue weighted by Crippen LogP contribution is -2.45. The monoisotopic (exact) mass is 354 g/mol. The number of halogens is 1. The Morgan fingerprint density at radius 1 is 1.29 bits per heavy atom. The number of carbonyl (C=O) groups is 2. The van der Waals surface area contributed by atoms with E-state index >= 15 is 0 Å². The maximum Gasteiger partial charge on any atom is 0.337 e. The van der Waals surface area contributed by atoms with Crippen LogP contribution in [-0.4, -0.2) is 32.8 Å². The standard InChI is InChI=1S/C16H19ClN2O5/c1-5-24-12-6-9(10(17)7-11(12)22-3)14-13(15(20)23-4)8(2)18-16(21)19-14/h6-7,14H,5H2,1-4H3,(H2,18,19,21)/t14-/m0/s1. The maximum absolute atomic E-state index is 12.1. The largest absolute Gasteiger partial charge is 0.493 e. The molecule has 0 spiro atoms. The molecule has 0 bridgehead atoms. The van der Waals surface area contributed by atoms with Crippen LogP contribution in [0.3, 0.4) is 0 Å². The molecule has 0 aromatic heterocycles. The van der Waals surface area contributed by atoms with Crippen molar-refractivity contribution in [2.75, 3.05) is 20.8 Å². The Morgan fingerprint density at radius 2 is 2.00 bits per heavy atom. The maximum atomic E-state index is 12.1. The Hall–Kier alpha value is -2.41. The Labute approximate surface area is 144 Å². The molecule has 2 rings (SSSR count). The zero-order valence-corrected chi connectivity index (χ0v) is 14.6. The lowest BCUT2D eigenvalue weighted by Gasteiger charge is -2.28. The van der Waals surface area contributed by atoms with E-state index in [0.29, 0.717) is 34.4 Å². The van der Waals surface area contributed by atoms with E-state index < -0.39 is 18.0 Å². The average Bonchev–Trinajstić information content (AvgIpc) is 2.54. The predicted octanol–water partition coefficient (Wildman–Crippen LogP) is 2.55. The summed E-state index contributed by atoms with van der Waals surface area (Å²) in [6.07, 6.45) is 0. The number of benzene rings is 1. The van der Waals surface area contributed by atoms with Crippen LogP contribution in [0.4, 0.5) is 4.79 Å². The van der Waals surface area contributed by atoms with Crippen LogP contribution in [0.25, 0.3) is 0 Å². The minimum atomic E-state index is -0.760. The molecule has 7 nitrogen and oxygen atoms in total. The van der Waals surface area contributed by atoms with Gasteiger partial charge in [-0.25, -0.2) is 9.59 Å². The van der Waals surface area contributed by atoms with Gasteiger partial charge in [0.05, 0.1) is 37.5 Å². The fourth-order valence-corrected chi connectivity index (χ4v) is 2.77. The number of hydrogen-bond acceptors (Lipinski definition) is 5. The Kier molecular flexibility index (Phi) is 5.56. The highest BCUT2D eigenvalue weighted by atomic mass is 35.5. The summed E-state index contributed by atoms with van der Waals surface area (Å²) in [6.45, 7) is 3.89. The van der Waals surface area contributed by atoms with E-state index in [0.717, 1.165) is 0 Å². The van der Waals surface area contributed by atoms with Crippen molar-refractivity contribution in [3.63, 3.8) is 0 Å². The van der Waals surface area contributed by atoms with Crippen LogP contribution in [0.2, 0.25) is 5.02 Å². The molecule has 1 aromatic rings. The number of amides is 2. The molecular formula is C16H19ClN2O5. The van der Waals surface area contributed by atoms with E-state index in [4.69, 9.17) is 25.8 Å². The zero-order valence-electron chi connectivity index (χ0n) is 13.9. The van der Waals surface area contributed by atoms with Crippen molar-refractivity contribution < 1.29 is 23.8 Å². The number of methoxy groups -OCH3 is 2. The van der Waals surface area contributed by atoms with Crippen molar-refractivity contribution in [2.24, 2.45) is 0 Å². The van der Waals surface area contributed by atoms with Crippen LogP contribution in [-0.2, 0) is 9.53 Å². The second kappa shape index (κ2) is 7.44. The molecule has 1 aliphatic heterocycles. The van der Waals surface area contributed by atoms with E-state index in [9.17, 15) is 9.59 Å². The van der Waals surface area contributed by atoms with Gasteiger partial charge in [0.25, 0.3) is 0 Å². The highest BCUT2D eigenvalue weighted by Crippen LogP contribution is 2.39. The summed E-state index contributed by atoms with van der Waals surface area (Å²) in [5, 5.41) is 5.57. The lowest BCUT2D eigenvalue weighted by molar-refractivity contribution is -0.136. The number of allylic oxidation sites excluding steroid dienone is 1. The SMILES string of the molecule is CCOc1cc([C@@H]2NC(=O)NC(C)=C2C(=O)OC)c(Cl)cc1OC. The minimum absolute atomic E-state index is 0.270. The number of rotatable bonds is 5. The molecule has 1 aromatic carbocycles. The minimum Gasteiger partial charge on any atom is -0.493 e. The number of nitrogens with one attached hydrogen (secondary N) is 2. The van der Waals surface area contributed by atoms with E-state index in [1.165, 1.54) is 14.2 Å². The molecule has 0 radical (unpaired) electrons. The first-order valence-electron chi connectivity index (χ1n) is 7.29. The molecule has 130 valence electrons. The number of hydrogen-bond donors (Lipinski definition) is 2. The van der Waals surface area contributed by atoms with Crippen LogP contribution in [0.1, 0.15) is 25.5 Å². The highest BCUT2D eigenvalue weighted by Gasteiger charge is 2.33. The predicted molar refractivity (Wildman–Crippen MR) is 88.3 cm³/mol. The second-order valence-electron chi connectivity index (χ2n) is 5.02. The first-order valence-corrected chi connectivity index (χ1v) is 7.67. The van der Waals surface area contributed by atoms with Gasteiger partial charge in [-0.05, 0) is 19.9 Å². The first-order chi connectivity index (χ1) is 11.4. The van der Waals surface area contributed by atoms with Crippen LogP contribution < -0.4 is 20.1 Å². The van der Waals surface area contributed by atoms with Gasteiger partial charge in [-0.3, -0.25) is 0 Å². The summed E-state index contributed by atoms with van der Waals surface area (Å²) in [4.78, 5) is 24.0. The molecule has 0 aliphatic carbocycles. The van der Waals surface area contributed by atoms with Gasteiger partial charge in [0.1, 0.15) is 0 Å². The van der Waals surface area contributed by atoms with Gasteiger partial charge in [0, 0.05) is 17.3 Å². The van der Waals surface area contributed by atoms with Crippen molar-refractivity contribution in [1.29, 1.82) is 0 Å². The number of carbonyl (C=O) groups excluding carboxylic acids is 2. The van der Waals surface area contributed by atoms with Gasteiger partial charge in [-0.1, -0.05) is 11.6 Å². The average molecular weight is 355 g/mol. The van der Waals surface area contributed by atoms with Crippen LogP contribution >= 0.6 is 11.6 Å². The third kappa shape index (κ3) is 3.41. The molecule has 1 aliphatic rings. The van der Waals surface area contributed by atoms with Crippen LogP contribution in [0.15, 0.2) is 23.4 Å². The zero-order chi connectivity index (χ0) is 17.9. The highest BCUT2D eigenvalue weighted by molar-refractivity contribution is 6.31. The molecule has 2 amide bonds. The molecule has 0 unspecified atom stereocenters. The molecule has 8 heteroatoms. The summed E-state index contributed by atoms with van der Waals surface area (Å²) in [6, 6.07) is 2.04. The van der Waals surface area contributed by atoms with Gasteiger partial charge < -0.3 is 24.8 Å². The molecule has 24 heavy (non-hydrogen) atoms. The topological polar surface area (TPSA) is 85.9 Å². The second-order valence-corrected chi connectivity index (χ2v) is 5.43. The van der Waals surface area contributed by atoms with Crippen molar-refractivity contribution in [2.45, 2.75) is 19.9 Å².